The minimum Gasteiger partial charge on any atom is -0.457 e. The molecule has 0 radical (unpaired) electrons. The van der Waals surface area contributed by atoms with Gasteiger partial charge in [-0.3, -0.25) is 4.79 Å². The molecule has 0 fully saturated rings. The van der Waals surface area contributed by atoms with E-state index in [4.69, 9.17) is 47.4 Å². The second-order valence-corrected chi connectivity index (χ2v) is 11.9. The van der Waals surface area contributed by atoms with Crippen LogP contribution in [0.25, 0.3) is 0 Å². The fraction of sp³-hybridized carbons (Fsp3) is 0.795. The predicted molar refractivity (Wildman–Crippen MR) is 196 cm³/mol. The zero-order chi connectivity index (χ0) is 36.6. The summed E-state index contributed by atoms with van der Waals surface area (Å²) in [5.74, 6) is -1.56. The van der Waals surface area contributed by atoms with E-state index < -0.39 is 11.8 Å². The molecule has 12 nitrogen and oxygen atoms in total. The van der Waals surface area contributed by atoms with Crippen molar-refractivity contribution >= 4 is 11.8 Å². The topological polar surface area (TPSA) is 126 Å². The monoisotopic (exact) mass is 728 g/mol. The number of ether oxygens (including phenoxy) is 10. The number of carbonyl (C=O) groups is 2. The van der Waals surface area contributed by atoms with Gasteiger partial charge in [0, 0.05) is 12.2 Å². The van der Waals surface area contributed by atoms with Gasteiger partial charge in [-0.2, -0.15) is 0 Å². The van der Waals surface area contributed by atoms with Gasteiger partial charge in [0.05, 0.1) is 112 Å². The van der Waals surface area contributed by atoms with Crippen molar-refractivity contribution in [1.29, 1.82) is 0 Å². The Labute approximate surface area is 307 Å². The molecule has 1 rings (SSSR count). The molecule has 1 aromatic carbocycles. The van der Waals surface area contributed by atoms with Crippen LogP contribution in [0, 0.1) is 0 Å². The van der Waals surface area contributed by atoms with Crippen LogP contribution in [0.5, 0.6) is 0 Å². The highest BCUT2D eigenvalue weighted by Gasteiger charge is 2.17. The molecule has 0 saturated heterocycles. The van der Waals surface area contributed by atoms with Crippen LogP contribution in [0.4, 0.5) is 0 Å². The predicted octanol–water partition coefficient (Wildman–Crippen LogP) is 5.87. The minimum atomic E-state index is -0.893. The Balaban J connectivity index is 1.64. The minimum absolute atomic E-state index is 0.00217. The molecule has 51 heavy (non-hydrogen) atoms. The summed E-state index contributed by atoms with van der Waals surface area (Å²) in [5, 5.41) is 0. The molecule has 0 aliphatic carbocycles. The first-order valence-corrected chi connectivity index (χ1v) is 19.2. The summed E-state index contributed by atoms with van der Waals surface area (Å²) in [4.78, 5) is 23.6. The quantitative estimate of drug-likeness (QED) is 0.0346. The molecule has 0 aliphatic heterocycles. The lowest BCUT2D eigenvalue weighted by Gasteiger charge is -2.09. The molecular formula is C39H68O12. The van der Waals surface area contributed by atoms with Crippen molar-refractivity contribution < 1.29 is 57.0 Å². The van der Waals surface area contributed by atoms with Crippen molar-refractivity contribution in [2.45, 2.75) is 77.6 Å². The number of carbonyl (C=O) groups excluding carboxylic acids is 2. The van der Waals surface area contributed by atoms with Crippen LogP contribution in [0.1, 0.15) is 87.9 Å². The molecule has 0 amide bonds. The van der Waals surface area contributed by atoms with Crippen molar-refractivity contribution in [1.82, 2.24) is 0 Å². The summed E-state index contributed by atoms with van der Waals surface area (Å²) in [5.41, 5.74) is 0.299. The van der Waals surface area contributed by atoms with E-state index in [-0.39, 0.29) is 13.2 Å². The molecule has 0 spiro atoms. The highest BCUT2D eigenvalue weighted by molar-refractivity contribution is 6.40. The van der Waals surface area contributed by atoms with E-state index >= 15 is 0 Å². The number of rotatable bonds is 41. The van der Waals surface area contributed by atoms with Crippen LogP contribution in [-0.4, -0.2) is 137 Å². The van der Waals surface area contributed by atoms with Gasteiger partial charge in [-0.1, -0.05) is 101 Å². The van der Waals surface area contributed by atoms with Crippen molar-refractivity contribution in [2.75, 3.05) is 126 Å². The SMILES string of the molecule is CCCCCCCCCCCCCOCCOCCOCCOCCOCCOCCOCCOCCOCCOC(=O)C(=O)c1ccccc1. The molecule has 1 aromatic rings. The van der Waals surface area contributed by atoms with Gasteiger partial charge in [-0.05, 0) is 6.42 Å². The van der Waals surface area contributed by atoms with Gasteiger partial charge < -0.3 is 47.4 Å². The lowest BCUT2D eigenvalue weighted by molar-refractivity contribution is -0.139. The van der Waals surface area contributed by atoms with Gasteiger partial charge in [-0.25, -0.2) is 4.79 Å². The summed E-state index contributed by atoms with van der Waals surface area (Å²) >= 11 is 0. The van der Waals surface area contributed by atoms with Gasteiger partial charge in [0.2, 0.25) is 0 Å². The Hall–Kier alpha value is -2.00. The highest BCUT2D eigenvalue weighted by Crippen LogP contribution is 2.11. The summed E-state index contributed by atoms with van der Waals surface area (Å²) in [6.07, 6.45) is 14.8. The molecule has 0 unspecified atom stereocenters. The third-order valence-electron chi connectivity index (χ3n) is 7.55. The van der Waals surface area contributed by atoms with E-state index in [1.165, 1.54) is 64.2 Å². The zero-order valence-corrected chi connectivity index (χ0v) is 31.5. The lowest BCUT2D eigenvalue weighted by atomic mass is 10.1. The maximum absolute atomic E-state index is 11.9. The average Bonchev–Trinajstić information content (AvgIpc) is 3.15. The van der Waals surface area contributed by atoms with Crippen molar-refractivity contribution in [3.63, 3.8) is 0 Å². The van der Waals surface area contributed by atoms with Gasteiger partial charge in [0.1, 0.15) is 6.61 Å². The van der Waals surface area contributed by atoms with Crippen molar-refractivity contribution in [3.05, 3.63) is 35.9 Å². The van der Waals surface area contributed by atoms with E-state index in [1.807, 2.05) is 0 Å². The van der Waals surface area contributed by atoms with E-state index in [2.05, 4.69) is 6.92 Å². The first-order chi connectivity index (χ1) is 25.3. The summed E-state index contributed by atoms with van der Waals surface area (Å²) in [6.45, 7) is 11.2. The number of benzene rings is 1. The molecule has 0 atom stereocenters. The highest BCUT2D eigenvalue weighted by atomic mass is 16.6. The van der Waals surface area contributed by atoms with Crippen LogP contribution in [0.2, 0.25) is 0 Å². The number of hydrogen-bond donors (Lipinski definition) is 0. The maximum atomic E-state index is 11.9. The Morgan fingerprint density at radius 1 is 0.373 bits per heavy atom. The third-order valence-corrected chi connectivity index (χ3v) is 7.55. The maximum Gasteiger partial charge on any atom is 0.379 e. The first kappa shape index (κ1) is 47.0. The zero-order valence-electron chi connectivity index (χ0n) is 31.5. The van der Waals surface area contributed by atoms with Gasteiger partial charge in [0.15, 0.2) is 0 Å². The normalized spacial score (nSPS) is 11.3. The molecule has 12 heteroatoms. The van der Waals surface area contributed by atoms with Crippen LogP contribution in [0.3, 0.4) is 0 Å². The van der Waals surface area contributed by atoms with Gasteiger partial charge in [0.25, 0.3) is 5.78 Å². The number of hydrogen-bond acceptors (Lipinski definition) is 12. The van der Waals surface area contributed by atoms with Crippen molar-refractivity contribution in [2.24, 2.45) is 0 Å². The van der Waals surface area contributed by atoms with E-state index in [0.717, 1.165) is 13.0 Å². The molecule has 0 heterocycles. The lowest BCUT2D eigenvalue weighted by Crippen LogP contribution is -2.20. The molecular weight excluding hydrogens is 660 g/mol. The number of ketones is 1. The Bertz CT molecular complexity index is 873. The third kappa shape index (κ3) is 33.6. The van der Waals surface area contributed by atoms with E-state index in [9.17, 15) is 9.59 Å². The second-order valence-electron chi connectivity index (χ2n) is 11.9. The van der Waals surface area contributed by atoms with Crippen molar-refractivity contribution in [3.8, 4) is 0 Å². The fourth-order valence-corrected chi connectivity index (χ4v) is 4.70. The summed E-state index contributed by atoms with van der Waals surface area (Å²) in [7, 11) is 0. The average molecular weight is 729 g/mol. The van der Waals surface area contributed by atoms with Crippen LogP contribution >= 0.6 is 0 Å². The molecule has 0 aliphatic rings. The molecule has 0 bridgehead atoms. The fourth-order valence-electron chi connectivity index (χ4n) is 4.70. The van der Waals surface area contributed by atoms with Gasteiger partial charge >= 0.3 is 5.97 Å². The number of esters is 1. The molecule has 0 aromatic heterocycles. The first-order valence-electron chi connectivity index (χ1n) is 19.2. The van der Waals surface area contributed by atoms with Gasteiger partial charge in [-0.15, -0.1) is 0 Å². The van der Waals surface area contributed by atoms with Crippen LogP contribution in [-0.2, 0) is 52.2 Å². The summed E-state index contributed by atoms with van der Waals surface area (Å²) < 4.78 is 54.3. The van der Waals surface area contributed by atoms with Crippen LogP contribution in [0.15, 0.2) is 30.3 Å². The Morgan fingerprint density at radius 3 is 1.02 bits per heavy atom. The Kier molecular flexibility index (Phi) is 36.2. The molecule has 296 valence electrons. The van der Waals surface area contributed by atoms with E-state index in [1.54, 1.807) is 30.3 Å². The number of unbranched alkanes of at least 4 members (excludes halogenated alkanes) is 10. The Morgan fingerprint density at radius 2 is 0.667 bits per heavy atom. The molecule has 0 saturated carbocycles. The summed E-state index contributed by atoms with van der Waals surface area (Å²) in [6, 6.07) is 8.28. The smallest absolute Gasteiger partial charge is 0.379 e. The standard InChI is InChI=1S/C39H68O12/c1-2-3-4-5-6-7-8-9-10-11-15-18-42-19-20-43-21-22-44-23-24-45-25-26-46-27-28-47-29-30-48-31-32-49-33-34-50-35-36-51-39(41)38(40)37-16-13-12-14-17-37/h12-14,16-17H,2-11,15,18-36H2,1H3. The van der Waals surface area contributed by atoms with E-state index in [0.29, 0.717) is 111 Å². The largest absolute Gasteiger partial charge is 0.457 e. The number of Topliss-reactive ketones (excluding diaryl/α,β-unsaturated/α-hetero) is 1. The van der Waals surface area contributed by atoms with Crippen LogP contribution < -0.4 is 0 Å². The second kappa shape index (κ2) is 39.2. The molecule has 0 N–H and O–H groups in total.